The highest BCUT2D eigenvalue weighted by molar-refractivity contribution is 5.83. The molecule has 3 heteroatoms. The van der Waals surface area contributed by atoms with Crippen LogP contribution in [0.4, 0.5) is 0 Å². The van der Waals surface area contributed by atoms with Gasteiger partial charge in [-0.3, -0.25) is 4.79 Å². The molecule has 1 saturated heterocycles. The molecule has 0 aliphatic carbocycles. The van der Waals surface area contributed by atoms with Crippen molar-refractivity contribution in [2.45, 2.75) is 25.2 Å². The maximum atomic E-state index is 12.5. The van der Waals surface area contributed by atoms with Crippen molar-refractivity contribution in [2.75, 3.05) is 26.7 Å². The largest absolute Gasteiger partial charge is 0.465 e. The Balaban J connectivity index is 2.27. The molecule has 1 fully saturated rings. The molecule has 0 radical (unpaired) electrons. The molecule has 0 aromatic heterocycles. The van der Waals surface area contributed by atoms with Crippen molar-refractivity contribution in [3.63, 3.8) is 0 Å². The summed E-state index contributed by atoms with van der Waals surface area (Å²) in [6.45, 7) is 0.747. The molecule has 98 valence electrons. The molecule has 0 unspecified atom stereocenters. The molecule has 1 aliphatic rings. The van der Waals surface area contributed by atoms with E-state index in [9.17, 15) is 4.79 Å². The molecule has 0 amide bonds. The van der Waals surface area contributed by atoms with Gasteiger partial charge in [0.1, 0.15) is 0 Å². The lowest BCUT2D eigenvalue weighted by Gasteiger charge is -2.38. The Bertz CT molecular complexity index is 479. The Morgan fingerprint density at radius 2 is 2.06 bits per heavy atom. The van der Waals surface area contributed by atoms with Gasteiger partial charge in [-0.25, -0.2) is 0 Å². The minimum absolute atomic E-state index is 0.249. The Hall–Kier alpha value is -1.35. The number of nitrogens with zero attached hydrogens (tertiary/aromatic N) is 1. The zero-order valence-corrected chi connectivity index (χ0v) is 10.7. The van der Waals surface area contributed by atoms with Gasteiger partial charge in [0.2, 0.25) is 0 Å². The molecular formula is C15H21NO2. The normalized spacial score (nSPS) is 22.6. The van der Waals surface area contributed by atoms with E-state index in [4.69, 9.17) is 8.85 Å². The Morgan fingerprint density at radius 1 is 1.39 bits per heavy atom. The van der Waals surface area contributed by atoms with Crippen molar-refractivity contribution >= 4 is 5.97 Å². The van der Waals surface area contributed by atoms with Crippen LogP contribution in [0.1, 0.15) is 29.4 Å². The first-order chi connectivity index (χ1) is 9.90. The van der Waals surface area contributed by atoms with Gasteiger partial charge in [-0.2, -0.15) is 0 Å². The van der Waals surface area contributed by atoms with E-state index in [0.717, 1.165) is 5.56 Å². The van der Waals surface area contributed by atoms with E-state index >= 15 is 0 Å². The summed E-state index contributed by atoms with van der Waals surface area (Å²) < 4.78 is 27.7. The average Bonchev–Trinajstić information content (AvgIpc) is 2.47. The van der Waals surface area contributed by atoms with Crippen molar-refractivity contribution < 1.29 is 13.6 Å². The standard InChI is InChI=1S/C15H21NO2/c1-3-18-14(17)15(9-11-16(2)12-10-15)13-7-5-4-6-8-13/h4-8H,3,9-12H2,1-2H3/i2D3. The number of rotatable bonds is 3. The molecule has 0 saturated carbocycles. The summed E-state index contributed by atoms with van der Waals surface area (Å²) in [4.78, 5) is 13.9. The first-order valence-corrected chi connectivity index (χ1v) is 6.38. The zero-order chi connectivity index (χ0) is 15.5. The first kappa shape index (κ1) is 9.56. The van der Waals surface area contributed by atoms with Gasteiger partial charge >= 0.3 is 5.97 Å². The van der Waals surface area contributed by atoms with E-state index in [1.54, 1.807) is 6.92 Å². The highest BCUT2D eigenvalue weighted by atomic mass is 16.5. The van der Waals surface area contributed by atoms with Crippen molar-refractivity contribution in [1.29, 1.82) is 0 Å². The van der Waals surface area contributed by atoms with Gasteiger partial charge < -0.3 is 9.64 Å². The molecule has 0 N–H and O–H groups in total. The highest BCUT2D eigenvalue weighted by Crippen LogP contribution is 2.36. The van der Waals surface area contributed by atoms with Gasteiger partial charge in [-0.1, -0.05) is 30.3 Å². The number of benzene rings is 1. The number of likely N-dealkylation sites (tertiary alicyclic amines) is 1. The minimum atomic E-state index is -2.10. The quantitative estimate of drug-likeness (QED) is 0.770. The van der Waals surface area contributed by atoms with Crippen LogP contribution >= 0.6 is 0 Å². The predicted molar refractivity (Wildman–Crippen MR) is 71.5 cm³/mol. The fourth-order valence-corrected chi connectivity index (χ4v) is 2.53. The fourth-order valence-electron chi connectivity index (χ4n) is 2.53. The number of hydrogen-bond donors (Lipinski definition) is 0. The molecule has 1 aromatic rings. The zero-order valence-electron chi connectivity index (χ0n) is 13.7. The fraction of sp³-hybridized carbons (Fsp3) is 0.533. The van der Waals surface area contributed by atoms with Crippen LogP contribution in [0, 0.1) is 0 Å². The second-order valence-electron chi connectivity index (χ2n) is 4.66. The summed E-state index contributed by atoms with van der Waals surface area (Å²) in [6, 6.07) is 9.53. The van der Waals surface area contributed by atoms with E-state index < -0.39 is 12.4 Å². The molecule has 0 spiro atoms. The van der Waals surface area contributed by atoms with Gasteiger partial charge in [-0.05, 0) is 45.4 Å². The molecular weight excluding hydrogens is 226 g/mol. The van der Waals surface area contributed by atoms with Gasteiger partial charge in [0, 0.05) is 4.11 Å². The molecule has 0 atom stereocenters. The number of ether oxygens (including phenoxy) is 1. The van der Waals surface area contributed by atoms with E-state index in [-0.39, 0.29) is 5.97 Å². The molecule has 18 heavy (non-hydrogen) atoms. The molecule has 1 heterocycles. The van der Waals surface area contributed by atoms with Crippen LogP contribution in [-0.4, -0.2) is 37.5 Å². The number of carbonyl (C=O) groups excluding carboxylic acids is 1. The number of carbonyl (C=O) groups is 1. The maximum absolute atomic E-state index is 12.5. The first-order valence-electron chi connectivity index (χ1n) is 7.88. The van der Waals surface area contributed by atoms with Gasteiger partial charge in [0.25, 0.3) is 0 Å². The van der Waals surface area contributed by atoms with Gasteiger partial charge in [-0.15, -0.1) is 0 Å². The topological polar surface area (TPSA) is 29.5 Å². The lowest BCUT2D eigenvalue weighted by Crippen LogP contribution is -2.47. The van der Waals surface area contributed by atoms with E-state index in [2.05, 4.69) is 0 Å². The van der Waals surface area contributed by atoms with Crippen molar-refractivity contribution in [3.8, 4) is 0 Å². The van der Waals surface area contributed by atoms with Crippen LogP contribution in [0.3, 0.4) is 0 Å². The minimum Gasteiger partial charge on any atom is -0.465 e. The summed E-state index contributed by atoms with van der Waals surface area (Å²) in [7, 11) is 0. The van der Waals surface area contributed by atoms with Gasteiger partial charge in [0.15, 0.2) is 0 Å². The average molecular weight is 250 g/mol. The lowest BCUT2D eigenvalue weighted by molar-refractivity contribution is -0.152. The summed E-state index contributed by atoms with van der Waals surface area (Å²) in [5.74, 6) is -0.249. The SMILES string of the molecule is [2H]C([2H])([2H])N1CCC(C(=O)OCC)(c2ccccc2)CC1. The van der Waals surface area contributed by atoms with Crippen molar-refractivity contribution in [2.24, 2.45) is 0 Å². The highest BCUT2D eigenvalue weighted by Gasteiger charge is 2.43. The van der Waals surface area contributed by atoms with E-state index in [0.29, 0.717) is 32.5 Å². The summed E-state index contributed by atoms with van der Waals surface area (Å²) in [5, 5.41) is 0. The number of piperidine rings is 1. The third-order valence-electron chi connectivity index (χ3n) is 3.61. The van der Waals surface area contributed by atoms with E-state index in [1.165, 1.54) is 4.90 Å². The molecule has 1 aliphatic heterocycles. The maximum Gasteiger partial charge on any atom is 0.316 e. The summed E-state index contributed by atoms with van der Waals surface area (Å²) in [6.07, 6.45) is 0.933. The summed E-state index contributed by atoms with van der Waals surface area (Å²) in [5.41, 5.74) is 0.188. The Labute approximate surface area is 113 Å². The number of esters is 1. The third-order valence-corrected chi connectivity index (χ3v) is 3.61. The van der Waals surface area contributed by atoms with Crippen LogP contribution in [0.2, 0.25) is 0 Å². The second kappa shape index (κ2) is 5.53. The predicted octanol–water partition coefficient (Wildman–Crippen LogP) is 2.21. The lowest BCUT2D eigenvalue weighted by atomic mass is 9.73. The van der Waals surface area contributed by atoms with Crippen LogP contribution in [0.25, 0.3) is 0 Å². The van der Waals surface area contributed by atoms with E-state index in [1.807, 2.05) is 30.3 Å². The second-order valence-corrected chi connectivity index (χ2v) is 4.66. The smallest absolute Gasteiger partial charge is 0.316 e. The number of hydrogen-bond acceptors (Lipinski definition) is 3. The summed E-state index contributed by atoms with van der Waals surface area (Å²) >= 11 is 0. The molecule has 2 rings (SSSR count). The van der Waals surface area contributed by atoms with Crippen LogP contribution in [-0.2, 0) is 14.9 Å². The molecule has 0 bridgehead atoms. The van der Waals surface area contributed by atoms with Crippen LogP contribution in [0.5, 0.6) is 0 Å². The molecule has 1 aromatic carbocycles. The Morgan fingerprint density at radius 3 is 2.61 bits per heavy atom. The van der Waals surface area contributed by atoms with Crippen molar-refractivity contribution in [3.05, 3.63) is 35.9 Å². The Kier molecular flexibility index (Phi) is 2.94. The van der Waals surface area contributed by atoms with Crippen LogP contribution in [0.15, 0.2) is 30.3 Å². The van der Waals surface area contributed by atoms with Gasteiger partial charge in [0.05, 0.1) is 12.0 Å². The third kappa shape index (κ3) is 2.41. The van der Waals surface area contributed by atoms with Crippen molar-refractivity contribution in [1.82, 2.24) is 4.90 Å². The molecule has 3 nitrogen and oxygen atoms in total. The van der Waals surface area contributed by atoms with Crippen LogP contribution < -0.4 is 0 Å². The monoisotopic (exact) mass is 250 g/mol.